The number of rotatable bonds is 46. The third kappa shape index (κ3) is 37.6. The van der Waals surface area contributed by atoms with Gasteiger partial charge < -0.3 is 14.4 Å². The molecule has 0 aromatic heterocycles. The second-order valence-corrected chi connectivity index (χ2v) is 18.2. The molecular weight excluding hydrogens is 703 g/mol. The van der Waals surface area contributed by atoms with Gasteiger partial charge in [-0.25, -0.2) is 0 Å². The van der Waals surface area contributed by atoms with Crippen LogP contribution < -0.4 is 0 Å². The normalized spacial score (nSPS) is 12.7. The first-order chi connectivity index (χ1) is 27.9. The van der Waals surface area contributed by atoms with Gasteiger partial charge in [0.15, 0.2) is 0 Å². The first-order valence-electron chi connectivity index (χ1n) is 25.9. The third-order valence-electron chi connectivity index (χ3n) is 12.6. The Labute approximate surface area is 358 Å². The van der Waals surface area contributed by atoms with Crippen LogP contribution in [0.1, 0.15) is 279 Å². The van der Waals surface area contributed by atoms with E-state index in [1.165, 1.54) is 180 Å². The van der Waals surface area contributed by atoms with E-state index >= 15 is 0 Å². The van der Waals surface area contributed by atoms with Crippen LogP contribution in [-0.2, 0) is 19.1 Å². The molecule has 0 aliphatic carbocycles. The van der Waals surface area contributed by atoms with Crippen molar-refractivity contribution in [2.45, 2.75) is 285 Å². The van der Waals surface area contributed by atoms with Crippen molar-refractivity contribution in [3.63, 3.8) is 0 Å². The van der Waals surface area contributed by atoms with Crippen LogP contribution in [0.25, 0.3) is 0 Å². The molecular formula is C52H103NO4. The molecule has 0 rings (SSSR count). The quantitative estimate of drug-likeness (QED) is 0.0454. The van der Waals surface area contributed by atoms with E-state index in [2.05, 4.69) is 46.6 Å². The molecule has 0 fully saturated rings. The van der Waals surface area contributed by atoms with Crippen LogP contribution in [-0.4, -0.2) is 49.7 Å². The highest BCUT2D eigenvalue weighted by Crippen LogP contribution is 2.23. The minimum atomic E-state index is -0.0154. The largest absolute Gasteiger partial charge is 0.465 e. The van der Waals surface area contributed by atoms with E-state index in [9.17, 15) is 9.59 Å². The Morgan fingerprint density at radius 2 is 0.754 bits per heavy atom. The Morgan fingerprint density at radius 1 is 0.404 bits per heavy atom. The number of nitrogens with zero attached hydrogens (tertiary/aromatic N) is 1. The van der Waals surface area contributed by atoms with Crippen molar-refractivity contribution in [3.05, 3.63) is 0 Å². The first kappa shape index (κ1) is 55.9. The molecule has 1 amide bonds. The zero-order valence-corrected chi connectivity index (χ0v) is 39.8. The Bertz CT molecular complexity index is 821. The summed E-state index contributed by atoms with van der Waals surface area (Å²) in [6.45, 7) is 13.8. The first-order valence-corrected chi connectivity index (χ1v) is 25.9. The van der Waals surface area contributed by atoms with Crippen LogP contribution in [0.4, 0.5) is 0 Å². The van der Waals surface area contributed by atoms with E-state index in [1.807, 2.05) is 0 Å². The summed E-state index contributed by atoms with van der Waals surface area (Å²) in [5.74, 6) is 1.56. The Morgan fingerprint density at radius 3 is 1.25 bits per heavy atom. The minimum Gasteiger partial charge on any atom is -0.465 e. The van der Waals surface area contributed by atoms with Gasteiger partial charge in [-0.2, -0.15) is 0 Å². The molecule has 0 N–H and O–H groups in total. The second kappa shape index (κ2) is 44.5. The third-order valence-corrected chi connectivity index (χ3v) is 12.6. The number of hydrogen-bond acceptors (Lipinski definition) is 4. The molecule has 5 heteroatoms. The molecule has 0 saturated heterocycles. The van der Waals surface area contributed by atoms with Crippen LogP contribution in [0.3, 0.4) is 0 Å². The van der Waals surface area contributed by atoms with Crippen molar-refractivity contribution in [1.82, 2.24) is 4.90 Å². The molecule has 340 valence electrons. The fourth-order valence-electron chi connectivity index (χ4n) is 8.50. The number of carbonyl (C=O) groups is 2. The maximum absolute atomic E-state index is 13.3. The van der Waals surface area contributed by atoms with Gasteiger partial charge in [0.25, 0.3) is 0 Å². The average molecular weight is 806 g/mol. The number of esters is 1. The molecule has 5 nitrogen and oxygen atoms in total. The smallest absolute Gasteiger partial charge is 0.305 e. The number of ether oxygens (including phenoxy) is 2. The molecule has 0 heterocycles. The van der Waals surface area contributed by atoms with Crippen molar-refractivity contribution < 1.29 is 19.1 Å². The topological polar surface area (TPSA) is 55.8 Å². The minimum absolute atomic E-state index is 0.0154. The predicted octanol–water partition coefficient (Wildman–Crippen LogP) is 16.5. The molecule has 0 radical (unpaired) electrons. The Hall–Kier alpha value is -1.10. The highest BCUT2D eigenvalue weighted by atomic mass is 16.5. The van der Waals surface area contributed by atoms with E-state index in [1.54, 1.807) is 0 Å². The molecule has 57 heavy (non-hydrogen) atoms. The SMILES string of the molecule is CCCCCCCCC(CCCCCC)COCCCCCCC(CCCCCC(=O)OCC(CCCCCC)CCCCCC)N(C)C(=O)CCCCCCC. The summed E-state index contributed by atoms with van der Waals surface area (Å²) in [6, 6.07) is 0.299. The fraction of sp³-hybridized carbons (Fsp3) is 0.962. The van der Waals surface area contributed by atoms with Crippen LogP contribution in [0, 0.1) is 11.8 Å². The zero-order valence-electron chi connectivity index (χ0n) is 39.8. The molecule has 0 saturated carbocycles. The lowest BCUT2D eigenvalue weighted by atomic mass is 9.95. The fourth-order valence-corrected chi connectivity index (χ4v) is 8.50. The molecule has 0 spiro atoms. The predicted molar refractivity (Wildman–Crippen MR) is 249 cm³/mol. The molecule has 2 unspecified atom stereocenters. The molecule has 0 aromatic carbocycles. The van der Waals surface area contributed by atoms with Gasteiger partial charge in [0.1, 0.15) is 0 Å². The second-order valence-electron chi connectivity index (χ2n) is 18.2. The van der Waals surface area contributed by atoms with Crippen molar-refractivity contribution >= 4 is 11.9 Å². The van der Waals surface area contributed by atoms with E-state index in [4.69, 9.17) is 9.47 Å². The summed E-state index contributed by atoms with van der Waals surface area (Å²) < 4.78 is 12.1. The van der Waals surface area contributed by atoms with Gasteiger partial charge in [-0.3, -0.25) is 9.59 Å². The Balaban J connectivity index is 4.71. The van der Waals surface area contributed by atoms with Gasteiger partial charge in [0.05, 0.1) is 6.61 Å². The van der Waals surface area contributed by atoms with Crippen LogP contribution in [0.15, 0.2) is 0 Å². The lowest BCUT2D eigenvalue weighted by Gasteiger charge is -2.29. The number of amides is 1. The van der Waals surface area contributed by atoms with Crippen molar-refractivity contribution in [3.8, 4) is 0 Å². The van der Waals surface area contributed by atoms with Crippen molar-refractivity contribution in [1.29, 1.82) is 0 Å². The van der Waals surface area contributed by atoms with Crippen LogP contribution in [0.2, 0.25) is 0 Å². The van der Waals surface area contributed by atoms with Crippen LogP contribution >= 0.6 is 0 Å². The summed E-state index contributed by atoms with van der Waals surface area (Å²) in [5, 5.41) is 0. The van der Waals surface area contributed by atoms with Gasteiger partial charge in [0.2, 0.25) is 5.91 Å². The van der Waals surface area contributed by atoms with E-state index in [0.29, 0.717) is 37.3 Å². The molecule has 0 aliphatic rings. The van der Waals surface area contributed by atoms with E-state index in [0.717, 1.165) is 70.5 Å². The van der Waals surface area contributed by atoms with Crippen LogP contribution in [0.5, 0.6) is 0 Å². The summed E-state index contributed by atoms with van der Waals surface area (Å²) in [6.07, 6.45) is 45.9. The highest BCUT2D eigenvalue weighted by Gasteiger charge is 2.20. The van der Waals surface area contributed by atoms with Gasteiger partial charge in [-0.05, 0) is 69.6 Å². The van der Waals surface area contributed by atoms with Gasteiger partial charge >= 0.3 is 5.97 Å². The molecule has 0 bridgehead atoms. The maximum Gasteiger partial charge on any atom is 0.305 e. The maximum atomic E-state index is 13.3. The lowest BCUT2D eigenvalue weighted by molar-refractivity contribution is -0.145. The lowest BCUT2D eigenvalue weighted by Crippen LogP contribution is -2.37. The molecule has 0 aromatic rings. The highest BCUT2D eigenvalue weighted by molar-refractivity contribution is 5.76. The summed E-state index contributed by atoms with van der Waals surface area (Å²) in [7, 11) is 2.05. The van der Waals surface area contributed by atoms with E-state index in [-0.39, 0.29) is 5.97 Å². The summed E-state index contributed by atoms with van der Waals surface area (Å²) >= 11 is 0. The van der Waals surface area contributed by atoms with E-state index < -0.39 is 0 Å². The van der Waals surface area contributed by atoms with Crippen molar-refractivity contribution in [2.75, 3.05) is 26.9 Å². The number of unbranched alkanes of at least 4 members (excludes halogenated alkanes) is 23. The number of hydrogen-bond donors (Lipinski definition) is 0. The standard InChI is InChI=1S/C52H103NO4/c1-7-12-17-22-24-31-38-48(37-28-19-14-9-3)46-56-45-36-26-25-32-41-50(53(6)51(54)43-34-23-18-13-8-2)42-33-27-35-44-52(55)57-47-49(39-29-20-15-10-4)40-30-21-16-11-5/h48-50H,7-47H2,1-6H3. The zero-order chi connectivity index (χ0) is 41.9. The average Bonchev–Trinajstić information content (AvgIpc) is 3.21. The van der Waals surface area contributed by atoms with Crippen molar-refractivity contribution in [2.24, 2.45) is 11.8 Å². The number of carbonyl (C=O) groups excluding carboxylic acids is 2. The molecule has 2 atom stereocenters. The molecule has 0 aliphatic heterocycles. The summed E-state index contributed by atoms with van der Waals surface area (Å²) in [4.78, 5) is 28.1. The Kier molecular flexibility index (Phi) is 43.6. The monoisotopic (exact) mass is 806 g/mol. The van der Waals surface area contributed by atoms with Gasteiger partial charge in [0, 0.05) is 39.1 Å². The van der Waals surface area contributed by atoms with Gasteiger partial charge in [-0.1, -0.05) is 208 Å². The van der Waals surface area contributed by atoms with Gasteiger partial charge in [-0.15, -0.1) is 0 Å². The summed E-state index contributed by atoms with van der Waals surface area (Å²) in [5.41, 5.74) is 0.